The van der Waals surface area contributed by atoms with Crippen LogP contribution in [-0.4, -0.2) is 41.0 Å². The number of aromatic nitrogens is 2. The Morgan fingerprint density at radius 3 is 3.12 bits per heavy atom. The van der Waals surface area contributed by atoms with Crippen molar-refractivity contribution >= 4 is 0 Å². The fourth-order valence-corrected chi connectivity index (χ4v) is 2.33. The van der Waals surface area contributed by atoms with Gasteiger partial charge in [-0.3, -0.25) is 0 Å². The molecule has 1 aliphatic rings. The first-order valence-corrected chi connectivity index (χ1v) is 6.21. The van der Waals surface area contributed by atoms with Gasteiger partial charge in [-0.05, 0) is 38.9 Å². The maximum absolute atomic E-state index is 4.28. The number of nitrogens with one attached hydrogen (secondary N) is 2. The van der Waals surface area contributed by atoms with E-state index < -0.39 is 0 Å². The molecule has 1 aromatic heterocycles. The van der Waals surface area contributed by atoms with Gasteiger partial charge in [0, 0.05) is 18.8 Å². The lowest BCUT2D eigenvalue weighted by molar-refractivity contribution is 0.338. The van der Waals surface area contributed by atoms with E-state index in [1.54, 1.807) is 6.33 Å². The first-order valence-electron chi connectivity index (χ1n) is 6.21. The van der Waals surface area contributed by atoms with E-state index in [1.807, 2.05) is 0 Å². The average molecular weight is 222 g/mol. The molecule has 0 saturated carbocycles. The lowest BCUT2D eigenvalue weighted by Gasteiger charge is -2.13. The van der Waals surface area contributed by atoms with Gasteiger partial charge in [0.2, 0.25) is 0 Å². The monoisotopic (exact) mass is 222 g/mol. The number of hydrogen-bond donors (Lipinski definition) is 2. The van der Waals surface area contributed by atoms with Crippen LogP contribution in [-0.2, 0) is 6.54 Å². The van der Waals surface area contributed by atoms with Gasteiger partial charge < -0.3 is 15.2 Å². The van der Waals surface area contributed by atoms with Crippen LogP contribution in [0, 0.1) is 12.8 Å². The van der Waals surface area contributed by atoms with Gasteiger partial charge in [0.15, 0.2) is 0 Å². The second-order valence-corrected chi connectivity index (χ2v) is 4.65. The van der Waals surface area contributed by atoms with Gasteiger partial charge in [0.25, 0.3) is 0 Å². The smallest absolute Gasteiger partial charge is 0.0925 e. The molecule has 2 N–H and O–H groups in total. The van der Waals surface area contributed by atoms with Gasteiger partial charge in [-0.1, -0.05) is 6.92 Å². The molecular weight excluding hydrogens is 200 g/mol. The van der Waals surface area contributed by atoms with Crippen molar-refractivity contribution < 1.29 is 0 Å². The quantitative estimate of drug-likeness (QED) is 0.785. The van der Waals surface area contributed by atoms with E-state index in [0.29, 0.717) is 0 Å². The maximum Gasteiger partial charge on any atom is 0.0925 e. The summed E-state index contributed by atoms with van der Waals surface area (Å²) in [7, 11) is 0. The Kier molecular flexibility index (Phi) is 3.96. The minimum atomic E-state index is 0.819. The van der Waals surface area contributed by atoms with Crippen LogP contribution in [0.3, 0.4) is 0 Å². The van der Waals surface area contributed by atoms with Crippen molar-refractivity contribution in [1.82, 2.24) is 20.2 Å². The predicted molar refractivity (Wildman–Crippen MR) is 65.3 cm³/mol. The van der Waals surface area contributed by atoms with E-state index >= 15 is 0 Å². The lowest BCUT2D eigenvalue weighted by atomic mass is 10.1. The van der Waals surface area contributed by atoms with E-state index in [9.17, 15) is 0 Å². The number of aryl methyl sites for hydroxylation is 1. The molecule has 90 valence electrons. The van der Waals surface area contributed by atoms with Gasteiger partial charge >= 0.3 is 0 Å². The Morgan fingerprint density at radius 1 is 1.62 bits per heavy atom. The van der Waals surface area contributed by atoms with Gasteiger partial charge in [-0.25, -0.2) is 4.98 Å². The first-order chi connectivity index (χ1) is 7.79. The molecule has 1 aliphatic heterocycles. The molecule has 16 heavy (non-hydrogen) atoms. The van der Waals surface area contributed by atoms with Crippen LogP contribution < -0.4 is 5.32 Å². The highest BCUT2D eigenvalue weighted by Crippen LogP contribution is 2.14. The molecule has 0 spiro atoms. The molecule has 1 aromatic rings. The molecule has 1 saturated heterocycles. The first kappa shape index (κ1) is 11.6. The number of likely N-dealkylation sites (tertiary alicyclic amines) is 1. The minimum Gasteiger partial charge on any atom is -0.348 e. The number of H-pyrrole nitrogens is 1. The van der Waals surface area contributed by atoms with Crippen molar-refractivity contribution in [2.24, 2.45) is 5.92 Å². The summed E-state index contributed by atoms with van der Waals surface area (Å²) in [5.41, 5.74) is 2.32. The summed E-state index contributed by atoms with van der Waals surface area (Å²) in [6.45, 7) is 10.0. The van der Waals surface area contributed by atoms with Crippen LogP contribution in [0.4, 0.5) is 0 Å². The zero-order valence-electron chi connectivity index (χ0n) is 10.3. The Balaban J connectivity index is 1.67. The normalized spacial score (nSPS) is 21.8. The number of rotatable bonds is 5. The van der Waals surface area contributed by atoms with Crippen LogP contribution in [0.5, 0.6) is 0 Å². The number of imidazole rings is 1. The second-order valence-electron chi connectivity index (χ2n) is 4.65. The fraction of sp³-hybridized carbons (Fsp3) is 0.750. The lowest BCUT2D eigenvalue weighted by Crippen LogP contribution is -2.26. The zero-order valence-corrected chi connectivity index (χ0v) is 10.3. The molecule has 0 aromatic carbocycles. The van der Waals surface area contributed by atoms with Crippen LogP contribution in [0.1, 0.15) is 24.7 Å². The minimum absolute atomic E-state index is 0.819. The number of nitrogens with zero attached hydrogens (tertiary/aromatic N) is 2. The van der Waals surface area contributed by atoms with Crippen molar-refractivity contribution in [1.29, 1.82) is 0 Å². The molecule has 2 rings (SSSR count). The highest BCUT2D eigenvalue weighted by molar-refractivity contribution is 5.07. The Labute approximate surface area is 97.4 Å². The van der Waals surface area contributed by atoms with Crippen molar-refractivity contribution in [2.75, 3.05) is 26.2 Å². The fourth-order valence-electron chi connectivity index (χ4n) is 2.33. The van der Waals surface area contributed by atoms with Crippen LogP contribution in [0.2, 0.25) is 0 Å². The van der Waals surface area contributed by atoms with E-state index in [4.69, 9.17) is 0 Å². The van der Waals surface area contributed by atoms with Crippen LogP contribution in [0.15, 0.2) is 6.33 Å². The summed E-state index contributed by atoms with van der Waals surface area (Å²) < 4.78 is 0. The number of aromatic amines is 1. The molecule has 1 fully saturated rings. The van der Waals surface area contributed by atoms with Gasteiger partial charge in [-0.15, -0.1) is 0 Å². The predicted octanol–water partition coefficient (Wildman–Crippen LogP) is 1.15. The van der Waals surface area contributed by atoms with Crippen LogP contribution >= 0.6 is 0 Å². The summed E-state index contributed by atoms with van der Waals surface area (Å²) >= 11 is 0. The molecule has 1 unspecified atom stereocenters. The summed E-state index contributed by atoms with van der Waals surface area (Å²) in [5, 5.41) is 3.51. The summed E-state index contributed by atoms with van der Waals surface area (Å²) in [6.07, 6.45) is 3.10. The summed E-state index contributed by atoms with van der Waals surface area (Å²) in [5.74, 6) is 0.819. The third-order valence-corrected chi connectivity index (χ3v) is 3.48. The molecule has 4 heteroatoms. The molecule has 0 aliphatic carbocycles. The third kappa shape index (κ3) is 2.83. The van der Waals surface area contributed by atoms with Crippen molar-refractivity contribution in [3.05, 3.63) is 17.7 Å². The third-order valence-electron chi connectivity index (χ3n) is 3.48. The van der Waals surface area contributed by atoms with Crippen molar-refractivity contribution in [3.8, 4) is 0 Å². The highest BCUT2D eigenvalue weighted by atomic mass is 15.1. The van der Waals surface area contributed by atoms with Crippen molar-refractivity contribution in [3.63, 3.8) is 0 Å². The molecule has 0 bridgehead atoms. The standard InChI is InChI=1S/C12H22N4/c1-3-16-5-4-11(8-16)6-13-7-12-10(2)14-9-15-12/h9,11,13H,3-8H2,1-2H3,(H,14,15). The molecule has 4 nitrogen and oxygen atoms in total. The van der Waals surface area contributed by atoms with Gasteiger partial charge in [0.1, 0.15) is 0 Å². The molecule has 0 amide bonds. The SMILES string of the molecule is CCN1CCC(CNCc2nc[nH]c2C)C1. The topological polar surface area (TPSA) is 44.0 Å². The van der Waals surface area contributed by atoms with Gasteiger partial charge in [0.05, 0.1) is 12.0 Å². The average Bonchev–Trinajstić information content (AvgIpc) is 2.89. The van der Waals surface area contributed by atoms with E-state index in [2.05, 4.69) is 34.0 Å². The Bertz CT molecular complexity index is 321. The van der Waals surface area contributed by atoms with E-state index in [1.165, 1.54) is 31.7 Å². The Morgan fingerprint density at radius 2 is 2.50 bits per heavy atom. The highest BCUT2D eigenvalue weighted by Gasteiger charge is 2.20. The molecule has 1 atom stereocenters. The second kappa shape index (κ2) is 5.46. The van der Waals surface area contributed by atoms with E-state index in [0.717, 1.165) is 24.7 Å². The largest absolute Gasteiger partial charge is 0.348 e. The maximum atomic E-state index is 4.28. The molecular formula is C12H22N4. The van der Waals surface area contributed by atoms with Crippen molar-refractivity contribution in [2.45, 2.75) is 26.8 Å². The van der Waals surface area contributed by atoms with Crippen LogP contribution in [0.25, 0.3) is 0 Å². The molecule has 0 radical (unpaired) electrons. The summed E-state index contributed by atoms with van der Waals surface area (Å²) in [6, 6.07) is 0. The summed E-state index contributed by atoms with van der Waals surface area (Å²) in [4.78, 5) is 9.91. The van der Waals surface area contributed by atoms with Gasteiger partial charge in [-0.2, -0.15) is 0 Å². The molecule has 2 heterocycles. The Hall–Kier alpha value is -0.870. The number of hydrogen-bond acceptors (Lipinski definition) is 3. The zero-order chi connectivity index (χ0) is 11.4. The van der Waals surface area contributed by atoms with E-state index in [-0.39, 0.29) is 0 Å².